The zero-order valence-corrected chi connectivity index (χ0v) is 12.2. The molecular formula is C18H22FN. The van der Waals surface area contributed by atoms with E-state index in [1.807, 2.05) is 13.0 Å². The molecule has 2 heteroatoms. The second-order valence-corrected chi connectivity index (χ2v) is 5.57. The molecule has 0 radical (unpaired) electrons. The Balaban J connectivity index is 2.07. The van der Waals surface area contributed by atoms with Crippen LogP contribution in [0.2, 0.25) is 0 Å². The molecule has 0 aromatic heterocycles. The van der Waals surface area contributed by atoms with Gasteiger partial charge in [-0.2, -0.15) is 0 Å². The van der Waals surface area contributed by atoms with Crippen LogP contribution in [0.25, 0.3) is 0 Å². The van der Waals surface area contributed by atoms with Gasteiger partial charge in [-0.15, -0.1) is 0 Å². The van der Waals surface area contributed by atoms with Crippen molar-refractivity contribution >= 4 is 0 Å². The molecular weight excluding hydrogens is 249 g/mol. The molecule has 2 aromatic carbocycles. The number of halogens is 1. The molecule has 0 saturated heterocycles. The lowest BCUT2D eigenvalue weighted by atomic mass is 9.90. The Morgan fingerprint density at radius 1 is 1.00 bits per heavy atom. The number of benzene rings is 2. The number of hydrogen-bond acceptors (Lipinski definition) is 1. The second kappa shape index (κ2) is 6.67. The van der Waals surface area contributed by atoms with Gasteiger partial charge in [0, 0.05) is 0 Å². The maximum Gasteiger partial charge on any atom is 0.123 e. The van der Waals surface area contributed by atoms with Crippen molar-refractivity contribution in [3.05, 3.63) is 70.5 Å². The molecule has 1 unspecified atom stereocenters. The Morgan fingerprint density at radius 2 is 1.70 bits per heavy atom. The van der Waals surface area contributed by atoms with Crippen LogP contribution in [0.1, 0.15) is 22.3 Å². The molecule has 106 valence electrons. The van der Waals surface area contributed by atoms with Crippen molar-refractivity contribution in [3.8, 4) is 0 Å². The first kappa shape index (κ1) is 14.7. The van der Waals surface area contributed by atoms with Crippen LogP contribution in [0.5, 0.6) is 0 Å². The topological polar surface area (TPSA) is 26.0 Å². The summed E-state index contributed by atoms with van der Waals surface area (Å²) < 4.78 is 13.1. The largest absolute Gasteiger partial charge is 0.330 e. The molecule has 1 atom stereocenters. The molecule has 0 aliphatic rings. The Kier molecular flexibility index (Phi) is 4.91. The Bertz CT molecular complexity index is 560. The van der Waals surface area contributed by atoms with Gasteiger partial charge in [0.15, 0.2) is 0 Å². The van der Waals surface area contributed by atoms with Gasteiger partial charge in [-0.3, -0.25) is 0 Å². The van der Waals surface area contributed by atoms with Crippen LogP contribution < -0.4 is 5.73 Å². The van der Waals surface area contributed by atoms with E-state index >= 15 is 0 Å². The van der Waals surface area contributed by atoms with E-state index in [1.165, 1.54) is 22.8 Å². The molecule has 0 aliphatic carbocycles. The molecule has 0 amide bonds. The second-order valence-electron chi connectivity index (χ2n) is 5.57. The van der Waals surface area contributed by atoms with Crippen molar-refractivity contribution in [1.82, 2.24) is 0 Å². The highest BCUT2D eigenvalue weighted by molar-refractivity contribution is 5.28. The number of nitrogens with two attached hydrogens (primary N) is 1. The van der Waals surface area contributed by atoms with Gasteiger partial charge in [0.05, 0.1) is 0 Å². The Labute approximate surface area is 120 Å². The van der Waals surface area contributed by atoms with Crippen molar-refractivity contribution in [2.24, 2.45) is 11.7 Å². The molecule has 2 aromatic rings. The zero-order chi connectivity index (χ0) is 14.5. The molecule has 0 spiro atoms. The van der Waals surface area contributed by atoms with E-state index in [0.29, 0.717) is 12.5 Å². The smallest absolute Gasteiger partial charge is 0.123 e. The van der Waals surface area contributed by atoms with Crippen LogP contribution in [0.4, 0.5) is 4.39 Å². The van der Waals surface area contributed by atoms with E-state index in [0.717, 1.165) is 18.4 Å². The maximum atomic E-state index is 13.1. The predicted molar refractivity (Wildman–Crippen MR) is 82.3 cm³/mol. The van der Waals surface area contributed by atoms with E-state index in [-0.39, 0.29) is 5.82 Å². The quantitative estimate of drug-likeness (QED) is 0.879. The predicted octanol–water partition coefficient (Wildman–Crippen LogP) is 3.80. The normalized spacial score (nSPS) is 12.4. The summed E-state index contributed by atoms with van der Waals surface area (Å²) in [5.41, 5.74) is 10.7. The van der Waals surface area contributed by atoms with Gasteiger partial charge in [-0.1, -0.05) is 35.9 Å². The first-order chi connectivity index (χ1) is 9.58. The van der Waals surface area contributed by atoms with Crippen molar-refractivity contribution in [2.75, 3.05) is 6.54 Å². The van der Waals surface area contributed by atoms with Gasteiger partial charge < -0.3 is 5.73 Å². The lowest BCUT2D eigenvalue weighted by Gasteiger charge is -2.16. The van der Waals surface area contributed by atoms with E-state index in [2.05, 4.69) is 31.2 Å². The fourth-order valence-electron chi connectivity index (χ4n) is 2.50. The summed E-state index contributed by atoms with van der Waals surface area (Å²) in [6.07, 6.45) is 1.87. The van der Waals surface area contributed by atoms with Gasteiger partial charge in [0.25, 0.3) is 0 Å². The molecule has 0 heterocycles. The third-order valence-corrected chi connectivity index (χ3v) is 3.79. The van der Waals surface area contributed by atoms with Gasteiger partial charge in [0.1, 0.15) is 5.82 Å². The minimum absolute atomic E-state index is 0.172. The summed E-state index contributed by atoms with van der Waals surface area (Å²) in [5.74, 6) is 0.218. The first-order valence-corrected chi connectivity index (χ1v) is 7.09. The van der Waals surface area contributed by atoms with Crippen molar-refractivity contribution in [1.29, 1.82) is 0 Å². The fourth-order valence-corrected chi connectivity index (χ4v) is 2.50. The standard InChI is InChI=1S/C18H22FN/c1-13-3-5-15(6-4-13)10-16(12-20)11-17-7-8-18(19)9-14(17)2/h3-9,16H,10-12,20H2,1-2H3. The fraction of sp³-hybridized carbons (Fsp3) is 0.333. The zero-order valence-electron chi connectivity index (χ0n) is 12.2. The molecule has 2 rings (SSSR count). The van der Waals surface area contributed by atoms with Crippen LogP contribution in [0.15, 0.2) is 42.5 Å². The summed E-state index contributed by atoms with van der Waals surface area (Å²) in [6.45, 7) is 4.69. The monoisotopic (exact) mass is 271 g/mol. The number of hydrogen-bond donors (Lipinski definition) is 1. The van der Waals surface area contributed by atoms with Gasteiger partial charge in [-0.25, -0.2) is 4.39 Å². The molecule has 1 nitrogen and oxygen atoms in total. The third-order valence-electron chi connectivity index (χ3n) is 3.79. The van der Waals surface area contributed by atoms with E-state index in [4.69, 9.17) is 5.73 Å². The molecule has 0 saturated carbocycles. The first-order valence-electron chi connectivity index (χ1n) is 7.09. The highest BCUT2D eigenvalue weighted by Gasteiger charge is 2.11. The average molecular weight is 271 g/mol. The maximum absolute atomic E-state index is 13.1. The van der Waals surface area contributed by atoms with Crippen LogP contribution in [-0.4, -0.2) is 6.54 Å². The molecule has 0 bridgehead atoms. The highest BCUT2D eigenvalue weighted by atomic mass is 19.1. The van der Waals surface area contributed by atoms with Crippen LogP contribution in [-0.2, 0) is 12.8 Å². The summed E-state index contributed by atoms with van der Waals surface area (Å²) in [7, 11) is 0. The summed E-state index contributed by atoms with van der Waals surface area (Å²) >= 11 is 0. The molecule has 2 N–H and O–H groups in total. The number of rotatable bonds is 5. The lowest BCUT2D eigenvalue weighted by molar-refractivity contribution is 0.531. The summed E-state index contributed by atoms with van der Waals surface area (Å²) in [5, 5.41) is 0. The average Bonchev–Trinajstić information content (AvgIpc) is 2.43. The molecule has 0 aliphatic heterocycles. The van der Waals surface area contributed by atoms with Gasteiger partial charge >= 0.3 is 0 Å². The van der Waals surface area contributed by atoms with E-state index in [9.17, 15) is 4.39 Å². The minimum Gasteiger partial charge on any atom is -0.330 e. The molecule has 0 fully saturated rings. The summed E-state index contributed by atoms with van der Waals surface area (Å²) in [6, 6.07) is 13.6. The Morgan fingerprint density at radius 3 is 2.30 bits per heavy atom. The van der Waals surface area contributed by atoms with E-state index in [1.54, 1.807) is 6.07 Å². The number of aryl methyl sites for hydroxylation is 2. The van der Waals surface area contributed by atoms with Crippen molar-refractivity contribution in [3.63, 3.8) is 0 Å². The Hall–Kier alpha value is -1.67. The minimum atomic E-state index is -0.172. The SMILES string of the molecule is Cc1ccc(CC(CN)Cc2ccc(F)cc2C)cc1. The van der Waals surface area contributed by atoms with Crippen LogP contribution in [0.3, 0.4) is 0 Å². The summed E-state index contributed by atoms with van der Waals surface area (Å²) in [4.78, 5) is 0. The van der Waals surface area contributed by atoms with Gasteiger partial charge in [-0.05, 0) is 68.0 Å². The van der Waals surface area contributed by atoms with Gasteiger partial charge in [0.2, 0.25) is 0 Å². The van der Waals surface area contributed by atoms with Crippen molar-refractivity contribution in [2.45, 2.75) is 26.7 Å². The lowest BCUT2D eigenvalue weighted by Crippen LogP contribution is -2.19. The van der Waals surface area contributed by atoms with Crippen molar-refractivity contribution < 1.29 is 4.39 Å². The molecule has 20 heavy (non-hydrogen) atoms. The third kappa shape index (κ3) is 3.91. The van der Waals surface area contributed by atoms with Crippen LogP contribution >= 0.6 is 0 Å². The highest BCUT2D eigenvalue weighted by Crippen LogP contribution is 2.18. The van der Waals surface area contributed by atoms with Crippen LogP contribution in [0, 0.1) is 25.6 Å². The van der Waals surface area contributed by atoms with E-state index < -0.39 is 0 Å².